The molecule has 18 heavy (non-hydrogen) atoms. The Labute approximate surface area is 109 Å². The van der Waals surface area contributed by atoms with Crippen molar-refractivity contribution in [3.05, 3.63) is 35.9 Å². The van der Waals surface area contributed by atoms with Crippen molar-refractivity contribution in [3.63, 3.8) is 0 Å². The van der Waals surface area contributed by atoms with Crippen LogP contribution in [0.1, 0.15) is 31.2 Å². The van der Waals surface area contributed by atoms with Crippen LogP contribution < -0.4 is 5.73 Å². The molecule has 3 heteroatoms. The highest BCUT2D eigenvalue weighted by molar-refractivity contribution is 5.76. The van der Waals surface area contributed by atoms with Gasteiger partial charge >= 0.3 is 0 Å². The second kappa shape index (κ2) is 6.55. The summed E-state index contributed by atoms with van der Waals surface area (Å²) in [6.45, 7) is 1.68. The molecule has 0 spiro atoms. The molecule has 0 aliphatic carbocycles. The highest BCUT2D eigenvalue weighted by Crippen LogP contribution is 2.11. The Hall–Kier alpha value is -1.35. The molecular formula is C15H22N2O. The van der Waals surface area contributed by atoms with Crippen molar-refractivity contribution in [2.75, 3.05) is 13.1 Å². The minimum Gasteiger partial charge on any atom is -0.343 e. The van der Waals surface area contributed by atoms with Crippen LogP contribution in [0.4, 0.5) is 0 Å². The van der Waals surface area contributed by atoms with Crippen LogP contribution in [0, 0.1) is 0 Å². The fourth-order valence-electron chi connectivity index (χ4n) is 2.40. The Balaban J connectivity index is 1.69. The number of likely N-dealkylation sites (tertiary alicyclic amines) is 1. The van der Waals surface area contributed by atoms with Crippen molar-refractivity contribution in [1.29, 1.82) is 0 Å². The summed E-state index contributed by atoms with van der Waals surface area (Å²) in [5.41, 5.74) is 7.15. The molecule has 0 aromatic heterocycles. The van der Waals surface area contributed by atoms with Crippen molar-refractivity contribution < 1.29 is 4.79 Å². The van der Waals surface area contributed by atoms with Crippen LogP contribution >= 0.6 is 0 Å². The lowest BCUT2D eigenvalue weighted by Crippen LogP contribution is -2.42. The summed E-state index contributed by atoms with van der Waals surface area (Å²) in [4.78, 5) is 13.9. The standard InChI is InChI=1S/C15H22N2O/c16-14-9-11-17(12-10-14)15(18)8-4-7-13-5-2-1-3-6-13/h1-3,5-6,14H,4,7-12,16H2. The third kappa shape index (κ3) is 3.84. The highest BCUT2D eigenvalue weighted by atomic mass is 16.2. The first-order chi connectivity index (χ1) is 8.75. The quantitative estimate of drug-likeness (QED) is 0.882. The molecule has 98 valence electrons. The minimum absolute atomic E-state index is 0.290. The van der Waals surface area contributed by atoms with E-state index in [9.17, 15) is 4.79 Å². The summed E-state index contributed by atoms with van der Waals surface area (Å²) in [6, 6.07) is 10.6. The van der Waals surface area contributed by atoms with Gasteiger partial charge in [0.15, 0.2) is 0 Å². The normalized spacial score (nSPS) is 16.8. The number of hydrogen-bond acceptors (Lipinski definition) is 2. The van der Waals surface area contributed by atoms with Gasteiger partial charge in [0.2, 0.25) is 5.91 Å². The molecule has 1 amide bonds. The SMILES string of the molecule is NC1CCN(C(=O)CCCc2ccccc2)CC1. The first-order valence-electron chi connectivity index (χ1n) is 6.83. The molecule has 2 rings (SSSR count). The Morgan fingerprint density at radius 3 is 2.56 bits per heavy atom. The number of carbonyl (C=O) groups is 1. The van der Waals surface area contributed by atoms with Crippen LogP contribution in [0.2, 0.25) is 0 Å². The van der Waals surface area contributed by atoms with Crippen LogP contribution in [0.15, 0.2) is 30.3 Å². The second-order valence-corrected chi connectivity index (χ2v) is 5.06. The third-order valence-electron chi connectivity index (χ3n) is 3.59. The average molecular weight is 246 g/mol. The van der Waals surface area contributed by atoms with E-state index in [0.717, 1.165) is 38.8 Å². The van der Waals surface area contributed by atoms with Crippen LogP contribution in [0.25, 0.3) is 0 Å². The van der Waals surface area contributed by atoms with Gasteiger partial charge in [-0.25, -0.2) is 0 Å². The molecule has 2 N–H and O–H groups in total. The van der Waals surface area contributed by atoms with Gasteiger partial charge in [-0.05, 0) is 31.2 Å². The van der Waals surface area contributed by atoms with E-state index in [4.69, 9.17) is 5.73 Å². The van der Waals surface area contributed by atoms with Gasteiger partial charge in [-0.15, -0.1) is 0 Å². The molecule has 0 saturated carbocycles. The van der Waals surface area contributed by atoms with Crippen molar-refractivity contribution in [1.82, 2.24) is 4.90 Å². The van der Waals surface area contributed by atoms with Crippen molar-refractivity contribution in [2.24, 2.45) is 5.73 Å². The summed E-state index contributed by atoms with van der Waals surface area (Å²) in [7, 11) is 0. The van der Waals surface area contributed by atoms with Crippen molar-refractivity contribution in [2.45, 2.75) is 38.1 Å². The van der Waals surface area contributed by atoms with E-state index in [1.54, 1.807) is 0 Å². The number of rotatable bonds is 4. The molecule has 1 aliphatic heterocycles. The Morgan fingerprint density at radius 2 is 1.89 bits per heavy atom. The number of amides is 1. The lowest BCUT2D eigenvalue weighted by Gasteiger charge is -2.30. The van der Waals surface area contributed by atoms with Gasteiger partial charge in [-0.2, -0.15) is 0 Å². The van der Waals surface area contributed by atoms with Gasteiger partial charge in [0.25, 0.3) is 0 Å². The number of benzene rings is 1. The van der Waals surface area contributed by atoms with Gasteiger partial charge in [0.05, 0.1) is 0 Å². The number of hydrogen-bond donors (Lipinski definition) is 1. The molecule has 0 radical (unpaired) electrons. The number of piperidine rings is 1. The molecule has 1 aromatic rings. The summed E-state index contributed by atoms with van der Waals surface area (Å²) in [5.74, 6) is 0.290. The first-order valence-corrected chi connectivity index (χ1v) is 6.83. The zero-order valence-electron chi connectivity index (χ0n) is 10.8. The van der Waals surface area contributed by atoms with Crippen LogP contribution in [-0.4, -0.2) is 29.9 Å². The predicted molar refractivity (Wildman–Crippen MR) is 73.2 cm³/mol. The van der Waals surface area contributed by atoms with E-state index in [2.05, 4.69) is 12.1 Å². The number of nitrogens with zero attached hydrogens (tertiary/aromatic N) is 1. The molecule has 1 aliphatic rings. The molecular weight excluding hydrogens is 224 g/mol. The summed E-state index contributed by atoms with van der Waals surface area (Å²) in [5, 5.41) is 0. The molecule has 1 saturated heterocycles. The van der Waals surface area contributed by atoms with Crippen LogP contribution in [-0.2, 0) is 11.2 Å². The first kappa shape index (κ1) is 13.1. The Morgan fingerprint density at radius 1 is 1.22 bits per heavy atom. The van der Waals surface area contributed by atoms with E-state index in [0.29, 0.717) is 12.5 Å². The topological polar surface area (TPSA) is 46.3 Å². The smallest absolute Gasteiger partial charge is 0.222 e. The fraction of sp³-hybridized carbons (Fsp3) is 0.533. The largest absolute Gasteiger partial charge is 0.343 e. The minimum atomic E-state index is 0.290. The van der Waals surface area contributed by atoms with E-state index >= 15 is 0 Å². The lowest BCUT2D eigenvalue weighted by molar-refractivity contribution is -0.132. The predicted octanol–water partition coefficient (Wildman–Crippen LogP) is 1.96. The van der Waals surface area contributed by atoms with Gasteiger partial charge in [-0.3, -0.25) is 4.79 Å². The Kier molecular flexibility index (Phi) is 4.76. The lowest BCUT2D eigenvalue weighted by atomic mass is 10.0. The van der Waals surface area contributed by atoms with Gasteiger partial charge in [0, 0.05) is 25.6 Å². The maximum atomic E-state index is 12.0. The molecule has 1 fully saturated rings. The molecule has 1 heterocycles. The van der Waals surface area contributed by atoms with E-state index in [1.165, 1.54) is 5.56 Å². The molecule has 0 atom stereocenters. The summed E-state index contributed by atoms with van der Waals surface area (Å²) < 4.78 is 0. The number of aryl methyl sites for hydroxylation is 1. The molecule has 0 bridgehead atoms. The number of nitrogens with two attached hydrogens (primary N) is 1. The monoisotopic (exact) mass is 246 g/mol. The van der Waals surface area contributed by atoms with E-state index in [1.807, 2.05) is 23.1 Å². The zero-order chi connectivity index (χ0) is 12.8. The third-order valence-corrected chi connectivity index (χ3v) is 3.59. The average Bonchev–Trinajstić information content (AvgIpc) is 2.40. The second-order valence-electron chi connectivity index (χ2n) is 5.06. The Bertz CT molecular complexity index is 369. The summed E-state index contributed by atoms with van der Waals surface area (Å²) >= 11 is 0. The molecule has 3 nitrogen and oxygen atoms in total. The van der Waals surface area contributed by atoms with Gasteiger partial charge < -0.3 is 10.6 Å². The van der Waals surface area contributed by atoms with Crippen LogP contribution in [0.5, 0.6) is 0 Å². The maximum absolute atomic E-state index is 12.0. The van der Waals surface area contributed by atoms with E-state index in [-0.39, 0.29) is 5.91 Å². The number of carbonyl (C=O) groups excluding carboxylic acids is 1. The fourth-order valence-corrected chi connectivity index (χ4v) is 2.40. The van der Waals surface area contributed by atoms with Crippen molar-refractivity contribution in [3.8, 4) is 0 Å². The molecule has 1 aromatic carbocycles. The maximum Gasteiger partial charge on any atom is 0.222 e. The summed E-state index contributed by atoms with van der Waals surface area (Å²) in [6.07, 6.45) is 4.48. The van der Waals surface area contributed by atoms with Crippen molar-refractivity contribution >= 4 is 5.91 Å². The highest BCUT2D eigenvalue weighted by Gasteiger charge is 2.19. The zero-order valence-corrected chi connectivity index (χ0v) is 10.8. The van der Waals surface area contributed by atoms with Crippen LogP contribution in [0.3, 0.4) is 0 Å². The van der Waals surface area contributed by atoms with E-state index < -0.39 is 0 Å². The van der Waals surface area contributed by atoms with Gasteiger partial charge in [-0.1, -0.05) is 30.3 Å². The molecule has 0 unspecified atom stereocenters. The van der Waals surface area contributed by atoms with Gasteiger partial charge in [0.1, 0.15) is 0 Å².